The van der Waals surface area contributed by atoms with Crippen LogP contribution < -0.4 is 15.2 Å². The zero-order chi connectivity index (χ0) is 21.8. The molecule has 5 rings (SSSR count). The number of aromatic nitrogens is 4. The van der Waals surface area contributed by atoms with E-state index in [1.807, 2.05) is 71.4 Å². The Hall–Kier alpha value is -3.88. The minimum absolute atomic E-state index is 0.553. The average Bonchev–Trinajstić information content (AvgIpc) is 3.28. The molecule has 0 unspecified atom stereocenters. The van der Waals surface area contributed by atoms with Gasteiger partial charge in [0.2, 0.25) is 0 Å². The quantitative estimate of drug-likeness (QED) is 0.307. The number of pyridine rings is 1. The topological polar surface area (TPSA) is 93.2 Å². The van der Waals surface area contributed by atoms with Gasteiger partial charge in [-0.2, -0.15) is 0 Å². The first kappa shape index (κ1) is 20.0. The van der Waals surface area contributed by atoms with E-state index in [1.165, 1.54) is 0 Å². The van der Waals surface area contributed by atoms with Crippen molar-refractivity contribution in [1.29, 1.82) is 0 Å². The Bertz CT molecular complexity index is 1340. The van der Waals surface area contributed by atoms with Crippen molar-refractivity contribution in [2.75, 3.05) is 10.0 Å². The first-order valence-electron chi connectivity index (χ1n) is 10.1. The third kappa shape index (κ3) is 4.14. The Morgan fingerprint density at radius 1 is 0.906 bits per heavy atom. The second-order valence-electron chi connectivity index (χ2n) is 7.15. The predicted octanol–water partition coefficient (Wildman–Crippen LogP) is 5.00. The van der Waals surface area contributed by atoms with E-state index in [4.69, 9.17) is 15.2 Å². The fourth-order valence-electron chi connectivity index (χ4n) is 3.59. The van der Waals surface area contributed by atoms with Gasteiger partial charge < -0.3 is 10.0 Å². The van der Waals surface area contributed by atoms with Crippen LogP contribution in [0.15, 0.2) is 91.3 Å². The van der Waals surface area contributed by atoms with Gasteiger partial charge in [-0.15, -0.1) is 5.10 Å². The van der Waals surface area contributed by atoms with Crippen LogP contribution in [0.3, 0.4) is 0 Å². The maximum Gasteiger partial charge on any atom is 0.182 e. The van der Waals surface area contributed by atoms with Gasteiger partial charge in [0, 0.05) is 41.3 Å². The Morgan fingerprint density at radius 2 is 1.75 bits per heavy atom. The fraction of sp³-hybridized carbons (Fsp3) is 0.0417. The molecule has 3 aromatic heterocycles. The number of anilines is 2. The van der Waals surface area contributed by atoms with Crippen molar-refractivity contribution in [3.8, 4) is 22.5 Å². The van der Waals surface area contributed by atoms with Crippen LogP contribution in [0.1, 0.15) is 5.69 Å². The molecule has 3 heterocycles. The van der Waals surface area contributed by atoms with Crippen molar-refractivity contribution >= 4 is 29.2 Å². The van der Waals surface area contributed by atoms with E-state index in [0.717, 1.165) is 51.5 Å². The molecule has 5 aromatic rings. The second kappa shape index (κ2) is 9.09. The van der Waals surface area contributed by atoms with Gasteiger partial charge in [-0.3, -0.25) is 10.1 Å². The molecule has 0 aliphatic carbocycles. The molecule has 0 fully saturated rings. The van der Waals surface area contributed by atoms with Crippen LogP contribution in [0, 0.1) is 0 Å². The van der Waals surface area contributed by atoms with E-state index < -0.39 is 0 Å². The van der Waals surface area contributed by atoms with Crippen LogP contribution in [0.5, 0.6) is 0 Å². The lowest BCUT2D eigenvalue weighted by Gasteiger charge is -2.12. The van der Waals surface area contributed by atoms with Crippen LogP contribution in [0.25, 0.3) is 28.0 Å². The van der Waals surface area contributed by atoms with Gasteiger partial charge in [0.05, 0.1) is 12.2 Å². The van der Waals surface area contributed by atoms with Gasteiger partial charge >= 0.3 is 0 Å². The summed E-state index contributed by atoms with van der Waals surface area (Å²) in [5.74, 6) is 1.36. The van der Waals surface area contributed by atoms with Crippen molar-refractivity contribution < 1.29 is 0 Å². The highest BCUT2D eigenvalue weighted by atomic mass is 32.2. The minimum Gasteiger partial charge on any atom is -0.363 e. The summed E-state index contributed by atoms with van der Waals surface area (Å²) in [7, 11) is 0. The van der Waals surface area contributed by atoms with Gasteiger partial charge in [0.1, 0.15) is 5.52 Å². The van der Waals surface area contributed by atoms with Crippen molar-refractivity contribution in [3.05, 3.63) is 97.0 Å². The molecule has 0 bridgehead atoms. The smallest absolute Gasteiger partial charge is 0.182 e. The predicted molar refractivity (Wildman–Crippen MR) is 131 cm³/mol. The van der Waals surface area contributed by atoms with E-state index >= 15 is 0 Å². The third-order valence-corrected chi connectivity index (χ3v) is 5.41. The molecule has 32 heavy (non-hydrogen) atoms. The molecule has 4 N–H and O–H groups in total. The van der Waals surface area contributed by atoms with Crippen molar-refractivity contribution in [2.45, 2.75) is 6.54 Å². The van der Waals surface area contributed by atoms with Gasteiger partial charge in [-0.05, 0) is 35.9 Å². The number of nitrogens with two attached hydrogens (primary N) is 1. The fourth-order valence-corrected chi connectivity index (χ4v) is 3.85. The third-order valence-electron chi connectivity index (χ3n) is 5.06. The molecule has 0 saturated carbocycles. The zero-order valence-electron chi connectivity index (χ0n) is 17.1. The number of nitrogens with zero attached hydrogens (tertiary/aromatic N) is 4. The highest BCUT2D eigenvalue weighted by Gasteiger charge is 2.15. The van der Waals surface area contributed by atoms with E-state index in [0.29, 0.717) is 12.4 Å². The molecular formula is C24H21N7S. The molecule has 8 heteroatoms. The number of nitrogens with one attached hydrogen (secondary N) is 2. The molecule has 0 spiro atoms. The molecule has 0 aliphatic heterocycles. The van der Waals surface area contributed by atoms with E-state index in [2.05, 4.69) is 33.2 Å². The second-order valence-corrected chi connectivity index (χ2v) is 7.59. The van der Waals surface area contributed by atoms with Gasteiger partial charge in [-0.25, -0.2) is 9.50 Å². The number of hydrogen-bond donors (Lipinski definition) is 3. The Morgan fingerprint density at radius 3 is 2.56 bits per heavy atom. The molecule has 0 amide bonds. The van der Waals surface area contributed by atoms with E-state index in [1.54, 1.807) is 6.20 Å². The Kier molecular flexibility index (Phi) is 5.69. The summed E-state index contributed by atoms with van der Waals surface area (Å²) in [4.78, 5) is 9.33. The number of rotatable bonds is 7. The monoisotopic (exact) mass is 439 g/mol. The average molecular weight is 440 g/mol. The van der Waals surface area contributed by atoms with Gasteiger partial charge in [0.25, 0.3) is 0 Å². The summed E-state index contributed by atoms with van der Waals surface area (Å²) in [6.45, 7) is 0.553. The number of benzene rings is 2. The lowest BCUT2D eigenvalue weighted by molar-refractivity contribution is 0.907. The SMILES string of the molecule is NSNc1cccc(-c2nc(NCc3ccccn3)c3c(-c4ccccc4)ccn3n2)c1. The largest absolute Gasteiger partial charge is 0.363 e. The minimum atomic E-state index is 0.553. The maximum atomic E-state index is 5.55. The lowest BCUT2D eigenvalue weighted by Crippen LogP contribution is -2.08. The van der Waals surface area contributed by atoms with Crippen LogP contribution in [-0.4, -0.2) is 19.6 Å². The first-order valence-corrected chi connectivity index (χ1v) is 11.0. The molecule has 0 aliphatic rings. The van der Waals surface area contributed by atoms with Crippen molar-refractivity contribution in [3.63, 3.8) is 0 Å². The summed E-state index contributed by atoms with van der Waals surface area (Å²) in [6.07, 6.45) is 3.76. The van der Waals surface area contributed by atoms with Crippen LogP contribution in [0.2, 0.25) is 0 Å². The first-order chi connectivity index (χ1) is 15.8. The Labute approximate surface area is 190 Å². The van der Waals surface area contributed by atoms with Crippen LogP contribution in [-0.2, 0) is 6.54 Å². The zero-order valence-corrected chi connectivity index (χ0v) is 18.0. The maximum absolute atomic E-state index is 5.55. The van der Waals surface area contributed by atoms with Crippen LogP contribution in [0.4, 0.5) is 11.5 Å². The highest BCUT2D eigenvalue weighted by molar-refractivity contribution is 7.98. The summed E-state index contributed by atoms with van der Waals surface area (Å²) in [5.41, 5.74) is 5.81. The standard InChI is InChI=1S/C24H21N7S/c25-32-30-19-11-6-9-18(15-19)23-28-24(27-16-20-10-4-5-13-26-20)22-21(12-14-31(22)29-23)17-7-2-1-3-8-17/h1-15,30H,16,25H2,(H,27,28,29). The van der Waals surface area contributed by atoms with Crippen molar-refractivity contribution in [2.24, 2.45) is 5.14 Å². The number of fused-ring (bicyclic) bond motifs is 1. The summed E-state index contributed by atoms with van der Waals surface area (Å²) in [5, 5.41) is 13.8. The number of hydrogen-bond acceptors (Lipinski definition) is 7. The summed E-state index contributed by atoms with van der Waals surface area (Å²) >= 11 is 1.06. The molecule has 2 aromatic carbocycles. The van der Waals surface area contributed by atoms with Gasteiger partial charge in [-0.1, -0.05) is 48.5 Å². The summed E-state index contributed by atoms with van der Waals surface area (Å²) in [6, 6.07) is 26.1. The van der Waals surface area contributed by atoms with Crippen LogP contribution >= 0.6 is 12.1 Å². The molecule has 7 nitrogen and oxygen atoms in total. The lowest BCUT2D eigenvalue weighted by atomic mass is 10.1. The molecule has 0 atom stereocenters. The van der Waals surface area contributed by atoms with Gasteiger partial charge in [0.15, 0.2) is 11.6 Å². The Balaban J connectivity index is 1.62. The van der Waals surface area contributed by atoms with E-state index in [9.17, 15) is 0 Å². The molecular weight excluding hydrogens is 418 g/mol. The van der Waals surface area contributed by atoms with Crippen molar-refractivity contribution in [1.82, 2.24) is 19.6 Å². The normalized spacial score (nSPS) is 10.9. The molecule has 0 saturated heterocycles. The molecule has 158 valence electrons. The van der Waals surface area contributed by atoms with E-state index in [-0.39, 0.29) is 0 Å². The summed E-state index contributed by atoms with van der Waals surface area (Å²) < 4.78 is 4.93. The highest BCUT2D eigenvalue weighted by Crippen LogP contribution is 2.31. The molecule has 0 radical (unpaired) electrons.